The number of nitro groups is 1. The van der Waals surface area contributed by atoms with Crippen LogP contribution in [0.3, 0.4) is 0 Å². The maximum Gasteiger partial charge on any atom is 0.309 e. The Labute approximate surface area is 108 Å². The van der Waals surface area contributed by atoms with Crippen LogP contribution in [-0.4, -0.2) is 24.0 Å². The van der Waals surface area contributed by atoms with Crippen molar-refractivity contribution in [2.24, 2.45) is 0 Å². The molecule has 0 aromatic carbocycles. The van der Waals surface area contributed by atoms with E-state index in [4.69, 9.17) is 0 Å². The minimum absolute atomic E-state index is 0.177. The van der Waals surface area contributed by atoms with Crippen LogP contribution in [0, 0.1) is 10.1 Å². The number of carbonyl (C=O) groups excluding carboxylic acids is 1. The third-order valence-electron chi connectivity index (χ3n) is 2.78. The van der Waals surface area contributed by atoms with E-state index in [9.17, 15) is 14.9 Å². The molecule has 18 heavy (non-hydrogen) atoms. The molecule has 1 unspecified atom stereocenters. The molecule has 0 heterocycles. The fraction of sp³-hybridized carbons (Fsp3) is 0.769. The third kappa shape index (κ3) is 8.73. The van der Waals surface area contributed by atoms with Gasteiger partial charge in [0.05, 0.1) is 13.5 Å². The zero-order valence-electron chi connectivity index (χ0n) is 11.3. The summed E-state index contributed by atoms with van der Waals surface area (Å²) >= 11 is 0. The van der Waals surface area contributed by atoms with Crippen LogP contribution in [0.1, 0.15) is 51.9 Å². The van der Waals surface area contributed by atoms with Gasteiger partial charge in [-0.3, -0.25) is 14.9 Å². The number of esters is 1. The Morgan fingerprint density at radius 1 is 1.33 bits per heavy atom. The highest BCUT2D eigenvalue weighted by molar-refractivity contribution is 5.70. The van der Waals surface area contributed by atoms with Crippen molar-refractivity contribution in [3.05, 3.63) is 22.3 Å². The number of nitrogens with zero attached hydrogens (tertiary/aromatic N) is 1. The van der Waals surface area contributed by atoms with Gasteiger partial charge in [-0.05, 0) is 6.42 Å². The van der Waals surface area contributed by atoms with Gasteiger partial charge in [-0.2, -0.15) is 0 Å². The summed E-state index contributed by atoms with van der Waals surface area (Å²) in [6, 6.07) is -0.532. The molecule has 0 N–H and O–H groups in total. The van der Waals surface area contributed by atoms with Crippen molar-refractivity contribution in [3.8, 4) is 0 Å². The third-order valence-corrected chi connectivity index (χ3v) is 2.78. The van der Waals surface area contributed by atoms with Crippen LogP contribution in [0.15, 0.2) is 12.2 Å². The van der Waals surface area contributed by atoms with Crippen LogP contribution < -0.4 is 0 Å². The standard InChI is InChI=1S/C13H23NO4/c1-3-4-5-6-9-12(14(16)17)10-7-8-11-13(15)18-2/h7-8,12H,3-6,9-11H2,1-2H3/b8-7+. The molecule has 0 fully saturated rings. The van der Waals surface area contributed by atoms with Gasteiger partial charge < -0.3 is 4.74 Å². The lowest BCUT2D eigenvalue weighted by molar-refractivity contribution is -0.522. The average molecular weight is 257 g/mol. The largest absolute Gasteiger partial charge is 0.469 e. The molecule has 0 aromatic heterocycles. The van der Waals surface area contributed by atoms with Crippen LogP contribution in [0.25, 0.3) is 0 Å². The van der Waals surface area contributed by atoms with Crippen molar-refractivity contribution in [2.45, 2.75) is 57.9 Å². The van der Waals surface area contributed by atoms with E-state index in [0.717, 1.165) is 25.7 Å². The zero-order valence-corrected chi connectivity index (χ0v) is 11.3. The van der Waals surface area contributed by atoms with Crippen LogP contribution >= 0.6 is 0 Å². The van der Waals surface area contributed by atoms with E-state index in [1.54, 1.807) is 12.2 Å². The summed E-state index contributed by atoms with van der Waals surface area (Å²) in [6.07, 6.45) is 8.70. The van der Waals surface area contributed by atoms with Crippen LogP contribution in [0.4, 0.5) is 0 Å². The summed E-state index contributed by atoms with van der Waals surface area (Å²) in [6.45, 7) is 2.11. The molecule has 0 rings (SSSR count). The van der Waals surface area contributed by atoms with E-state index < -0.39 is 6.04 Å². The molecule has 5 heteroatoms. The highest BCUT2D eigenvalue weighted by Crippen LogP contribution is 2.11. The van der Waals surface area contributed by atoms with Crippen molar-refractivity contribution in [1.82, 2.24) is 0 Å². The molecule has 104 valence electrons. The summed E-state index contributed by atoms with van der Waals surface area (Å²) in [7, 11) is 1.32. The minimum atomic E-state index is -0.532. The Kier molecular flexibility index (Phi) is 9.91. The topological polar surface area (TPSA) is 69.4 Å². The van der Waals surface area contributed by atoms with E-state index in [2.05, 4.69) is 11.7 Å². The summed E-state index contributed by atoms with van der Waals surface area (Å²) in [5, 5.41) is 10.8. The highest BCUT2D eigenvalue weighted by Gasteiger charge is 2.17. The van der Waals surface area contributed by atoms with E-state index in [-0.39, 0.29) is 17.3 Å². The van der Waals surface area contributed by atoms with Gasteiger partial charge in [0.2, 0.25) is 6.04 Å². The predicted octanol–water partition coefficient (Wildman–Crippen LogP) is 3.11. The number of carbonyl (C=O) groups is 1. The maximum absolute atomic E-state index is 10.8. The summed E-state index contributed by atoms with van der Waals surface area (Å²) in [5.74, 6) is -0.327. The number of hydrogen-bond donors (Lipinski definition) is 0. The SMILES string of the molecule is CCCCCCC(C/C=C/CC(=O)OC)[N+](=O)[O-]. The number of ether oxygens (including phenoxy) is 1. The van der Waals surface area contributed by atoms with Gasteiger partial charge in [-0.1, -0.05) is 38.3 Å². The molecule has 0 radical (unpaired) electrons. The predicted molar refractivity (Wildman–Crippen MR) is 69.9 cm³/mol. The monoisotopic (exact) mass is 257 g/mol. The molecule has 0 saturated heterocycles. The molecule has 0 aliphatic carbocycles. The van der Waals surface area contributed by atoms with E-state index >= 15 is 0 Å². The molecule has 0 spiro atoms. The van der Waals surface area contributed by atoms with Crippen molar-refractivity contribution >= 4 is 5.97 Å². The first-order chi connectivity index (χ1) is 8.61. The second kappa shape index (κ2) is 10.7. The summed E-state index contributed by atoms with van der Waals surface area (Å²) < 4.78 is 4.47. The highest BCUT2D eigenvalue weighted by atomic mass is 16.6. The summed E-state index contributed by atoms with van der Waals surface area (Å²) in [5.41, 5.74) is 0. The van der Waals surface area contributed by atoms with E-state index in [0.29, 0.717) is 12.8 Å². The maximum atomic E-state index is 10.8. The van der Waals surface area contributed by atoms with Crippen LogP contribution in [-0.2, 0) is 9.53 Å². The smallest absolute Gasteiger partial charge is 0.309 e. The van der Waals surface area contributed by atoms with Crippen LogP contribution in [0.5, 0.6) is 0 Å². The lowest BCUT2D eigenvalue weighted by Crippen LogP contribution is -2.18. The molecule has 0 bridgehead atoms. The van der Waals surface area contributed by atoms with Gasteiger partial charge >= 0.3 is 5.97 Å². The Morgan fingerprint density at radius 3 is 2.61 bits per heavy atom. The lowest BCUT2D eigenvalue weighted by Gasteiger charge is -2.06. The molecular weight excluding hydrogens is 234 g/mol. The Morgan fingerprint density at radius 2 is 2.06 bits per heavy atom. The van der Waals surface area contributed by atoms with Gasteiger partial charge in [0.25, 0.3) is 0 Å². The normalized spacial score (nSPS) is 12.6. The van der Waals surface area contributed by atoms with Gasteiger partial charge in [0.1, 0.15) is 0 Å². The lowest BCUT2D eigenvalue weighted by atomic mass is 10.0. The number of rotatable bonds is 10. The minimum Gasteiger partial charge on any atom is -0.469 e. The second-order valence-electron chi connectivity index (χ2n) is 4.28. The molecule has 0 aliphatic rings. The van der Waals surface area contributed by atoms with E-state index in [1.807, 2.05) is 0 Å². The molecule has 0 amide bonds. The van der Waals surface area contributed by atoms with Crippen molar-refractivity contribution < 1.29 is 14.5 Å². The average Bonchev–Trinajstić information content (AvgIpc) is 2.36. The Hall–Kier alpha value is -1.39. The van der Waals surface area contributed by atoms with Gasteiger partial charge in [0, 0.05) is 17.8 Å². The van der Waals surface area contributed by atoms with Gasteiger partial charge in [-0.15, -0.1) is 0 Å². The molecule has 0 aromatic rings. The van der Waals surface area contributed by atoms with Crippen molar-refractivity contribution in [1.29, 1.82) is 0 Å². The fourth-order valence-corrected chi connectivity index (χ4v) is 1.63. The number of methoxy groups -OCH3 is 1. The Balaban J connectivity index is 3.89. The first-order valence-corrected chi connectivity index (χ1v) is 6.47. The molecule has 5 nitrogen and oxygen atoms in total. The number of unbranched alkanes of at least 4 members (excludes halogenated alkanes) is 3. The first kappa shape index (κ1) is 16.6. The first-order valence-electron chi connectivity index (χ1n) is 6.47. The molecule has 0 saturated carbocycles. The number of hydrogen-bond acceptors (Lipinski definition) is 4. The zero-order chi connectivity index (χ0) is 13.8. The van der Waals surface area contributed by atoms with Crippen LogP contribution in [0.2, 0.25) is 0 Å². The molecule has 1 atom stereocenters. The van der Waals surface area contributed by atoms with Crippen molar-refractivity contribution in [2.75, 3.05) is 7.11 Å². The molecule has 0 aliphatic heterocycles. The van der Waals surface area contributed by atoms with Gasteiger partial charge in [-0.25, -0.2) is 0 Å². The van der Waals surface area contributed by atoms with Crippen molar-refractivity contribution in [3.63, 3.8) is 0 Å². The summed E-state index contributed by atoms with van der Waals surface area (Å²) in [4.78, 5) is 21.4. The van der Waals surface area contributed by atoms with Gasteiger partial charge in [0.15, 0.2) is 0 Å². The van der Waals surface area contributed by atoms with E-state index in [1.165, 1.54) is 7.11 Å². The quantitative estimate of drug-likeness (QED) is 0.198. The fourth-order valence-electron chi connectivity index (χ4n) is 1.63. The second-order valence-corrected chi connectivity index (χ2v) is 4.28. The molecular formula is C13H23NO4. The Bertz CT molecular complexity index is 276.